The Hall–Kier alpha value is -2.85. The highest BCUT2D eigenvalue weighted by Gasteiger charge is 2.50. The van der Waals surface area contributed by atoms with E-state index in [9.17, 15) is 8.42 Å². The minimum atomic E-state index is -3.54. The quantitative estimate of drug-likeness (QED) is 0.393. The summed E-state index contributed by atoms with van der Waals surface area (Å²) >= 11 is 1.52. The second kappa shape index (κ2) is 10.0. The highest BCUT2D eigenvalue weighted by molar-refractivity contribution is 7.89. The third-order valence-electron chi connectivity index (χ3n) is 8.26. The summed E-state index contributed by atoms with van der Waals surface area (Å²) in [5, 5.41) is 7.02. The molecule has 2 unspecified atom stereocenters. The number of hydrogen-bond acceptors (Lipinski definition) is 6. The van der Waals surface area contributed by atoms with Crippen molar-refractivity contribution in [3.05, 3.63) is 76.4 Å². The van der Waals surface area contributed by atoms with Gasteiger partial charge in [-0.2, -0.15) is 9.41 Å². The summed E-state index contributed by atoms with van der Waals surface area (Å²) in [6, 6.07) is 17.0. The van der Waals surface area contributed by atoms with Crippen molar-refractivity contribution in [3.63, 3.8) is 0 Å². The van der Waals surface area contributed by atoms with Crippen LogP contribution in [0.25, 0.3) is 11.3 Å². The number of rotatable bonds is 6. The standard InChI is InChI=1S/C29H32N4O3S2/c1-29(2)23-9-8-22(26(29)18-23)19-30-33-27(21-6-4-3-5-7-21)20-37-28(33)31-24-10-12-25(13-11-24)38(34,35)32-14-16-36-17-15-32/h3-8,10-13,19-20,23,26H,9,14-18H2,1-2H3. The predicted molar refractivity (Wildman–Crippen MR) is 151 cm³/mol. The van der Waals surface area contributed by atoms with Crippen LogP contribution in [-0.4, -0.2) is 49.9 Å². The minimum Gasteiger partial charge on any atom is -0.379 e. The van der Waals surface area contributed by atoms with Crippen LogP contribution in [0, 0.1) is 17.3 Å². The number of morpholine rings is 1. The van der Waals surface area contributed by atoms with E-state index in [-0.39, 0.29) is 4.90 Å². The summed E-state index contributed by atoms with van der Waals surface area (Å²) in [5.41, 5.74) is 4.35. The molecule has 0 radical (unpaired) electrons. The highest BCUT2D eigenvalue weighted by atomic mass is 32.2. The van der Waals surface area contributed by atoms with Crippen molar-refractivity contribution in [2.24, 2.45) is 27.3 Å². The van der Waals surface area contributed by atoms with Crippen LogP contribution in [0.1, 0.15) is 26.7 Å². The number of thiazole rings is 1. The molecular formula is C29H32N4O3S2. The van der Waals surface area contributed by atoms with E-state index in [1.807, 2.05) is 29.1 Å². The molecule has 3 aliphatic carbocycles. The van der Waals surface area contributed by atoms with E-state index in [0.717, 1.165) is 28.4 Å². The molecule has 0 amide bonds. The van der Waals surface area contributed by atoms with E-state index in [1.54, 1.807) is 24.3 Å². The molecule has 3 aromatic rings. The van der Waals surface area contributed by atoms with Gasteiger partial charge in [0.1, 0.15) is 0 Å². The van der Waals surface area contributed by atoms with Crippen LogP contribution in [0.3, 0.4) is 0 Å². The average Bonchev–Trinajstić information content (AvgIpc) is 3.35. The van der Waals surface area contributed by atoms with Crippen molar-refractivity contribution in [1.82, 2.24) is 8.98 Å². The molecule has 0 spiro atoms. The van der Waals surface area contributed by atoms with Gasteiger partial charge in [0.25, 0.3) is 0 Å². The van der Waals surface area contributed by atoms with Crippen LogP contribution in [0.2, 0.25) is 0 Å². The van der Waals surface area contributed by atoms with E-state index in [4.69, 9.17) is 14.8 Å². The Kier molecular flexibility index (Phi) is 6.72. The molecule has 2 heterocycles. The number of aromatic nitrogens is 1. The molecule has 38 heavy (non-hydrogen) atoms. The molecule has 1 aliphatic heterocycles. The van der Waals surface area contributed by atoms with Gasteiger partial charge in [0, 0.05) is 24.0 Å². The Bertz CT molecular complexity index is 1540. The maximum atomic E-state index is 13.0. The van der Waals surface area contributed by atoms with Crippen LogP contribution >= 0.6 is 11.3 Å². The van der Waals surface area contributed by atoms with Crippen LogP contribution in [0.4, 0.5) is 5.69 Å². The predicted octanol–water partition coefficient (Wildman–Crippen LogP) is 5.30. The lowest BCUT2D eigenvalue weighted by molar-refractivity contribution is -0.00126. The molecule has 2 atom stereocenters. The summed E-state index contributed by atoms with van der Waals surface area (Å²) in [4.78, 5) is 5.86. The Morgan fingerprint density at radius 1 is 1.05 bits per heavy atom. The molecule has 1 saturated carbocycles. The zero-order valence-electron chi connectivity index (χ0n) is 21.7. The molecular weight excluding hydrogens is 516 g/mol. The molecule has 1 saturated heterocycles. The van der Waals surface area contributed by atoms with Gasteiger partial charge in [0.2, 0.25) is 14.8 Å². The van der Waals surface area contributed by atoms with E-state index < -0.39 is 10.0 Å². The largest absolute Gasteiger partial charge is 0.379 e. The van der Waals surface area contributed by atoms with Crippen molar-refractivity contribution in [1.29, 1.82) is 0 Å². The molecule has 198 valence electrons. The summed E-state index contributed by atoms with van der Waals surface area (Å²) < 4.78 is 34.7. The third kappa shape index (κ3) is 4.62. The Balaban J connectivity index is 1.34. The first kappa shape index (κ1) is 25.4. The van der Waals surface area contributed by atoms with Gasteiger partial charge in [-0.1, -0.05) is 50.3 Å². The highest BCUT2D eigenvalue weighted by Crippen LogP contribution is 2.58. The SMILES string of the molecule is CC1(C)C2CC=C(C=Nn3c(-c4ccccc4)csc3=Nc3ccc(S(=O)(=O)N4CCOCC4)cc3)C1C2. The molecule has 9 heteroatoms. The first-order valence-electron chi connectivity index (χ1n) is 13.1. The number of allylic oxidation sites excluding steroid dienone is 2. The monoisotopic (exact) mass is 548 g/mol. The molecule has 7 rings (SSSR count). The lowest BCUT2D eigenvalue weighted by atomic mass is 9.49. The second-order valence-corrected chi connectivity index (χ2v) is 13.5. The van der Waals surface area contributed by atoms with Gasteiger partial charge < -0.3 is 4.74 Å². The Morgan fingerprint density at radius 3 is 2.47 bits per heavy atom. The van der Waals surface area contributed by atoms with Gasteiger partial charge in [-0.15, -0.1) is 11.3 Å². The van der Waals surface area contributed by atoms with E-state index in [0.29, 0.717) is 43.3 Å². The molecule has 2 bridgehead atoms. The summed E-state index contributed by atoms with van der Waals surface area (Å²) in [5.74, 6) is 1.32. The molecule has 7 nitrogen and oxygen atoms in total. The fourth-order valence-electron chi connectivity index (χ4n) is 5.70. The molecule has 2 fully saturated rings. The first-order valence-corrected chi connectivity index (χ1v) is 15.4. The van der Waals surface area contributed by atoms with Crippen LogP contribution in [0.5, 0.6) is 0 Å². The van der Waals surface area contributed by atoms with Gasteiger partial charge in [-0.05, 0) is 59.9 Å². The van der Waals surface area contributed by atoms with Crippen molar-refractivity contribution < 1.29 is 13.2 Å². The molecule has 1 aromatic heterocycles. The number of hydrogen-bond donors (Lipinski definition) is 0. The normalized spacial score (nSPS) is 23.8. The summed E-state index contributed by atoms with van der Waals surface area (Å²) in [7, 11) is -3.54. The topological polar surface area (TPSA) is 76.3 Å². The van der Waals surface area contributed by atoms with Gasteiger partial charge >= 0.3 is 0 Å². The van der Waals surface area contributed by atoms with Crippen molar-refractivity contribution >= 4 is 33.3 Å². The van der Waals surface area contributed by atoms with Crippen LogP contribution in [-0.2, 0) is 14.8 Å². The van der Waals surface area contributed by atoms with Crippen molar-refractivity contribution in [2.45, 2.75) is 31.6 Å². The van der Waals surface area contributed by atoms with Gasteiger partial charge in [0.15, 0.2) is 0 Å². The zero-order chi connectivity index (χ0) is 26.3. The van der Waals surface area contributed by atoms with Gasteiger partial charge in [-0.25, -0.2) is 18.1 Å². The first-order chi connectivity index (χ1) is 18.3. The fraction of sp³-hybridized carbons (Fsp3) is 0.379. The lowest BCUT2D eigenvalue weighted by Gasteiger charge is -2.55. The number of nitrogens with zero attached hydrogens (tertiary/aromatic N) is 4. The van der Waals surface area contributed by atoms with Crippen LogP contribution < -0.4 is 4.80 Å². The smallest absolute Gasteiger partial charge is 0.243 e. The van der Waals surface area contributed by atoms with E-state index >= 15 is 0 Å². The third-order valence-corrected chi connectivity index (χ3v) is 11.0. The van der Waals surface area contributed by atoms with Gasteiger partial charge in [0.05, 0.1) is 35.7 Å². The number of benzene rings is 2. The second-order valence-electron chi connectivity index (χ2n) is 10.7. The zero-order valence-corrected chi connectivity index (χ0v) is 23.3. The molecule has 0 N–H and O–H groups in total. The number of ether oxygens (including phenoxy) is 1. The molecule has 2 aromatic carbocycles. The van der Waals surface area contributed by atoms with E-state index in [2.05, 4.69) is 37.4 Å². The number of fused-ring (bicyclic) bond motifs is 1. The fourth-order valence-corrected chi connectivity index (χ4v) is 7.97. The minimum absolute atomic E-state index is 0.269. The maximum Gasteiger partial charge on any atom is 0.243 e. The molecule has 4 aliphatic rings. The van der Waals surface area contributed by atoms with Gasteiger partial charge in [-0.3, -0.25) is 0 Å². The van der Waals surface area contributed by atoms with Crippen molar-refractivity contribution in [3.8, 4) is 11.3 Å². The van der Waals surface area contributed by atoms with Crippen LogP contribution in [0.15, 0.2) is 86.6 Å². The lowest BCUT2D eigenvalue weighted by Crippen LogP contribution is -2.48. The summed E-state index contributed by atoms with van der Waals surface area (Å²) in [6.07, 6.45) is 6.70. The Labute approximate surface area is 227 Å². The Morgan fingerprint density at radius 2 is 1.79 bits per heavy atom. The maximum absolute atomic E-state index is 13.0. The van der Waals surface area contributed by atoms with Crippen molar-refractivity contribution in [2.75, 3.05) is 26.3 Å². The summed E-state index contributed by atoms with van der Waals surface area (Å²) in [6.45, 7) is 6.32. The van der Waals surface area contributed by atoms with E-state index in [1.165, 1.54) is 27.6 Å². The average molecular weight is 549 g/mol. The number of sulfonamides is 1.